The number of hydrogen-bond acceptors (Lipinski definition) is 7. The molecule has 0 aromatic rings. The van der Waals surface area contributed by atoms with Gasteiger partial charge in [-0.05, 0) is 7.69 Å². The van der Waals surface area contributed by atoms with Gasteiger partial charge in [0.1, 0.15) is 0 Å². The molecule has 0 spiro atoms. The largest absolute Gasteiger partial charge is 1.00 e. The van der Waals surface area contributed by atoms with E-state index in [9.17, 15) is 5.02 Å². The summed E-state index contributed by atoms with van der Waals surface area (Å²) in [6.07, 6.45) is 0. The molecule has 0 saturated carbocycles. The van der Waals surface area contributed by atoms with Gasteiger partial charge in [-0.15, -0.1) is 0 Å². The van der Waals surface area contributed by atoms with Crippen LogP contribution in [0.25, 0.3) is 0 Å². The van der Waals surface area contributed by atoms with E-state index in [0.717, 1.165) is 7.69 Å². The van der Waals surface area contributed by atoms with Crippen molar-refractivity contribution < 1.29 is 92.5 Å². The zero-order valence-corrected chi connectivity index (χ0v) is 11.2. The van der Waals surface area contributed by atoms with Crippen LogP contribution < -0.4 is 64.1 Å². The second-order valence-electron chi connectivity index (χ2n) is 1.64. The maximum Gasteiger partial charge on any atom is 1.00 e. The molecule has 2 bridgehead atoms. The van der Waals surface area contributed by atoms with E-state index >= 15 is 0 Å². The summed E-state index contributed by atoms with van der Waals surface area (Å²) in [7, 11) is -2.58. The Balaban J connectivity index is 0. The van der Waals surface area contributed by atoms with E-state index in [0.29, 0.717) is 0 Å². The van der Waals surface area contributed by atoms with Gasteiger partial charge in [0.25, 0.3) is 0 Å². The summed E-state index contributed by atoms with van der Waals surface area (Å²) in [5.74, 6) is 0. The Morgan fingerprint density at radius 1 is 0.923 bits per heavy atom. The molecule has 2 rings (SSSR count). The van der Waals surface area contributed by atoms with Crippen molar-refractivity contribution in [3.05, 3.63) is 0 Å². The maximum absolute atomic E-state index is 10.5. The van der Waals surface area contributed by atoms with E-state index in [2.05, 4.69) is 22.9 Å². The minimum atomic E-state index is -1.60. The van der Waals surface area contributed by atoms with Crippen LogP contribution in [0.5, 0.6) is 0 Å². The summed E-state index contributed by atoms with van der Waals surface area (Å²) in [6.45, 7) is 0. The molecule has 0 amide bonds. The third-order valence-corrected chi connectivity index (χ3v) is 1.00. The molecule has 2 fully saturated rings. The molecule has 0 unspecified atom stereocenters. The van der Waals surface area contributed by atoms with Gasteiger partial charge in [-0.1, -0.05) is 0 Å². The third kappa shape index (κ3) is 5.03. The summed E-state index contributed by atoms with van der Waals surface area (Å²) in [5, 5.41) is 10.5. The van der Waals surface area contributed by atoms with Crippen LogP contribution in [0.2, 0.25) is 0 Å². The molecule has 13 heavy (non-hydrogen) atoms. The first kappa shape index (κ1) is 17.4. The monoisotopic (exact) mass is 203 g/mol. The number of hydrogen-bond donors (Lipinski definition) is 0. The topological polar surface area (TPSA) is 99.2 Å². The Bertz CT molecular complexity index is 120. The van der Waals surface area contributed by atoms with Crippen LogP contribution in [0.1, 0.15) is 0 Å². The molecular formula is HB4Na2O7-. The SMILES string of the molecule is [Na+].[Na+].[O-]B1OB2O[B-]OB(O1)O2.[OH-]. The van der Waals surface area contributed by atoms with Crippen molar-refractivity contribution in [1.29, 1.82) is 0 Å². The maximum atomic E-state index is 10.5. The van der Waals surface area contributed by atoms with Gasteiger partial charge in [0, 0.05) is 0 Å². The molecule has 2 aliphatic heterocycles. The van der Waals surface area contributed by atoms with Crippen molar-refractivity contribution in [3.63, 3.8) is 0 Å². The molecule has 0 aliphatic carbocycles. The first-order valence-electron chi connectivity index (χ1n) is 2.59. The fourth-order valence-corrected chi connectivity index (χ4v) is 0.619. The second-order valence-corrected chi connectivity index (χ2v) is 1.64. The van der Waals surface area contributed by atoms with E-state index in [1.165, 1.54) is 0 Å². The van der Waals surface area contributed by atoms with Gasteiger partial charge in [-0.2, -0.15) is 0 Å². The standard InChI is InChI=1S/B4O6.2Na.H2O/c5-2-8-3-6-1-7-4(9-2)10-3;;;/h;;;1H2/q-2;2*+1;/p-1. The van der Waals surface area contributed by atoms with E-state index in [4.69, 9.17) is 0 Å². The molecule has 0 aromatic carbocycles. The smallest absolute Gasteiger partial charge is 0.870 e. The fraction of sp³-hybridized carbons (Fsp3) is 0. The van der Waals surface area contributed by atoms with Gasteiger partial charge in [0.2, 0.25) is 0 Å². The molecule has 7 nitrogen and oxygen atoms in total. The van der Waals surface area contributed by atoms with Gasteiger partial charge in [-0.25, -0.2) is 0 Å². The zero-order valence-electron chi connectivity index (χ0n) is 7.21. The predicted molar refractivity (Wildman–Crippen MR) is 30.4 cm³/mol. The third-order valence-electron chi connectivity index (χ3n) is 1.00. The zero-order chi connectivity index (χ0) is 6.97. The summed E-state index contributed by atoms with van der Waals surface area (Å²) < 4.78 is 22.6. The van der Waals surface area contributed by atoms with E-state index in [-0.39, 0.29) is 64.6 Å². The minimum Gasteiger partial charge on any atom is -0.870 e. The molecule has 13 heteroatoms. The molecule has 0 atom stereocenters. The van der Waals surface area contributed by atoms with Crippen molar-refractivity contribution >= 4 is 29.6 Å². The Labute approximate surface area is 121 Å². The first-order chi connectivity index (χ1) is 4.84. The quantitative estimate of drug-likeness (QED) is 0.360. The normalized spacial score (nSPS) is 19.6. The molecule has 2 saturated heterocycles. The van der Waals surface area contributed by atoms with Crippen molar-refractivity contribution in [2.45, 2.75) is 0 Å². The Morgan fingerprint density at radius 3 is 1.85 bits per heavy atom. The average Bonchev–Trinajstić information content (AvgIpc) is 1.85. The van der Waals surface area contributed by atoms with Gasteiger partial charge in [-0.3, -0.25) is 0 Å². The van der Waals surface area contributed by atoms with E-state index in [1.807, 2.05) is 0 Å². The first-order valence-corrected chi connectivity index (χ1v) is 2.59. The second kappa shape index (κ2) is 8.17. The van der Waals surface area contributed by atoms with Crippen molar-refractivity contribution in [3.8, 4) is 0 Å². The van der Waals surface area contributed by atoms with Gasteiger partial charge in [0.15, 0.2) is 0 Å². The van der Waals surface area contributed by atoms with Crippen LogP contribution in [0.4, 0.5) is 0 Å². The van der Waals surface area contributed by atoms with Crippen LogP contribution in [0.3, 0.4) is 0 Å². The number of rotatable bonds is 0. The molecule has 2 heterocycles. The molecule has 0 aromatic heterocycles. The van der Waals surface area contributed by atoms with Crippen LogP contribution >= 0.6 is 0 Å². The Hall–Kier alpha value is 1.98. The molecule has 58 valence electrons. The fourth-order valence-electron chi connectivity index (χ4n) is 0.619. The molecular weight excluding hydrogens is 201 g/mol. The number of fused-ring (bicyclic) bond motifs is 2. The van der Waals surface area contributed by atoms with E-state index < -0.39 is 22.0 Å². The van der Waals surface area contributed by atoms with Crippen molar-refractivity contribution in [1.82, 2.24) is 0 Å². The van der Waals surface area contributed by atoms with Gasteiger partial charge in [0.05, 0.1) is 0 Å². The van der Waals surface area contributed by atoms with Crippen LogP contribution in [0.15, 0.2) is 0 Å². The van der Waals surface area contributed by atoms with Crippen LogP contribution in [-0.2, 0) is 22.9 Å². The average molecular weight is 202 g/mol. The van der Waals surface area contributed by atoms with Crippen LogP contribution in [-0.4, -0.2) is 35.1 Å². The Morgan fingerprint density at radius 2 is 1.38 bits per heavy atom. The van der Waals surface area contributed by atoms with Gasteiger partial charge >= 0.3 is 81.1 Å². The molecule has 2 radical (unpaired) electrons. The van der Waals surface area contributed by atoms with Gasteiger partial charge < -0.3 is 33.4 Å². The summed E-state index contributed by atoms with van der Waals surface area (Å²) >= 11 is 0. The molecule has 2 aliphatic rings. The van der Waals surface area contributed by atoms with E-state index in [1.54, 1.807) is 0 Å². The van der Waals surface area contributed by atoms with Crippen molar-refractivity contribution in [2.24, 2.45) is 0 Å². The summed E-state index contributed by atoms with van der Waals surface area (Å²) in [5.41, 5.74) is 0. The summed E-state index contributed by atoms with van der Waals surface area (Å²) in [4.78, 5) is 0. The molecule has 1 N–H and O–H groups in total. The minimum absolute atomic E-state index is 0. The van der Waals surface area contributed by atoms with Crippen molar-refractivity contribution in [2.75, 3.05) is 0 Å². The van der Waals surface area contributed by atoms with Crippen LogP contribution in [0, 0.1) is 0 Å². The Kier molecular flexibility index (Phi) is 10.9. The predicted octanol–water partition coefficient (Wildman–Crippen LogP) is -9.22. The summed E-state index contributed by atoms with van der Waals surface area (Å²) in [6, 6.07) is 0.